The monoisotopic (exact) mass is 250 g/mol. The van der Waals surface area contributed by atoms with Gasteiger partial charge in [-0.15, -0.1) is 0 Å². The lowest BCUT2D eigenvalue weighted by Crippen LogP contribution is -2.34. The summed E-state index contributed by atoms with van der Waals surface area (Å²) in [5.41, 5.74) is 5.81. The first-order valence-electron chi connectivity index (χ1n) is 5.07. The summed E-state index contributed by atoms with van der Waals surface area (Å²) < 4.78 is 1.35. The third-order valence-corrected chi connectivity index (χ3v) is 2.53. The van der Waals surface area contributed by atoms with Gasteiger partial charge in [0.1, 0.15) is 6.04 Å². The largest absolute Gasteiger partial charge is 0.480 e. The van der Waals surface area contributed by atoms with E-state index in [4.69, 9.17) is 10.8 Å². The molecule has 0 aliphatic heterocycles. The van der Waals surface area contributed by atoms with E-state index < -0.39 is 16.9 Å². The predicted octanol–water partition coefficient (Wildman–Crippen LogP) is 0.356. The molecule has 8 heteroatoms. The van der Waals surface area contributed by atoms with Gasteiger partial charge >= 0.3 is 5.97 Å². The molecular weight excluding hydrogens is 240 g/mol. The number of nitro benzene ring substituents is 1. The Balaban J connectivity index is 2.42. The molecule has 0 bridgehead atoms. The first kappa shape index (κ1) is 12.0. The quantitative estimate of drug-likeness (QED) is 0.596. The highest BCUT2D eigenvalue weighted by Crippen LogP contribution is 2.20. The molecule has 0 radical (unpaired) electrons. The molecule has 18 heavy (non-hydrogen) atoms. The van der Waals surface area contributed by atoms with E-state index >= 15 is 0 Å². The number of nitro groups is 1. The Hall–Kier alpha value is -2.48. The number of nitrogens with two attached hydrogens (primary N) is 1. The number of hydrogen-bond donors (Lipinski definition) is 2. The van der Waals surface area contributed by atoms with Crippen molar-refractivity contribution in [1.29, 1.82) is 0 Å². The van der Waals surface area contributed by atoms with Crippen LogP contribution in [0.1, 0.15) is 0 Å². The van der Waals surface area contributed by atoms with Gasteiger partial charge in [-0.25, -0.2) is 0 Å². The van der Waals surface area contributed by atoms with E-state index in [1.54, 1.807) is 6.07 Å². The molecule has 1 atom stereocenters. The number of aromatic nitrogens is 2. The summed E-state index contributed by atoms with van der Waals surface area (Å²) in [5.74, 6) is -1.15. The maximum Gasteiger partial charge on any atom is 0.322 e. The van der Waals surface area contributed by atoms with Crippen LogP contribution in [0.15, 0.2) is 24.4 Å². The third-order valence-electron chi connectivity index (χ3n) is 2.53. The van der Waals surface area contributed by atoms with Crippen LogP contribution in [-0.2, 0) is 11.3 Å². The number of benzene rings is 1. The molecule has 0 aliphatic rings. The van der Waals surface area contributed by atoms with Gasteiger partial charge in [-0.3, -0.25) is 19.6 Å². The number of non-ortho nitro benzene ring substituents is 1. The van der Waals surface area contributed by atoms with Crippen molar-refractivity contribution in [3.8, 4) is 0 Å². The van der Waals surface area contributed by atoms with Crippen molar-refractivity contribution < 1.29 is 14.8 Å². The Bertz CT molecular complexity index is 621. The Kier molecular flexibility index (Phi) is 2.94. The molecule has 0 aliphatic carbocycles. The van der Waals surface area contributed by atoms with Crippen LogP contribution in [0.3, 0.4) is 0 Å². The first-order chi connectivity index (χ1) is 8.49. The van der Waals surface area contributed by atoms with Crippen LogP contribution in [0.2, 0.25) is 0 Å². The molecule has 1 aromatic heterocycles. The Morgan fingerprint density at radius 3 is 2.94 bits per heavy atom. The van der Waals surface area contributed by atoms with Crippen molar-refractivity contribution in [3.05, 3.63) is 34.5 Å². The standard InChI is InChI=1S/C10H10N4O4/c11-8(10(15)16)5-13-9-3-7(14(17)18)2-1-6(9)4-12-13/h1-4,8H,5,11H2,(H,15,16). The van der Waals surface area contributed by atoms with Crippen LogP contribution in [-0.4, -0.2) is 31.8 Å². The number of rotatable bonds is 4. The maximum absolute atomic E-state index is 10.7. The summed E-state index contributed by atoms with van der Waals surface area (Å²) in [5, 5.41) is 24.0. The van der Waals surface area contributed by atoms with E-state index in [0.717, 1.165) is 0 Å². The van der Waals surface area contributed by atoms with E-state index in [2.05, 4.69) is 5.10 Å². The third kappa shape index (κ3) is 2.13. The highest BCUT2D eigenvalue weighted by atomic mass is 16.6. The molecule has 2 rings (SSSR count). The molecule has 2 aromatic rings. The van der Waals surface area contributed by atoms with Crippen molar-refractivity contribution >= 4 is 22.6 Å². The number of aliphatic carboxylic acids is 1. The minimum Gasteiger partial charge on any atom is -0.480 e. The average Bonchev–Trinajstić information content (AvgIpc) is 2.71. The zero-order chi connectivity index (χ0) is 13.3. The summed E-state index contributed by atoms with van der Waals surface area (Å²) in [6.07, 6.45) is 1.51. The molecular formula is C10H10N4O4. The number of nitrogens with zero attached hydrogens (tertiary/aromatic N) is 3. The Labute approximate surface area is 101 Å². The van der Waals surface area contributed by atoms with Crippen LogP contribution in [0.5, 0.6) is 0 Å². The second-order valence-corrected chi connectivity index (χ2v) is 3.77. The molecule has 0 amide bonds. The fraction of sp³-hybridized carbons (Fsp3) is 0.200. The van der Waals surface area contributed by atoms with Gasteiger partial charge in [0.15, 0.2) is 0 Å². The van der Waals surface area contributed by atoms with Gasteiger partial charge in [-0.2, -0.15) is 5.10 Å². The normalized spacial score (nSPS) is 12.5. The topological polar surface area (TPSA) is 124 Å². The SMILES string of the molecule is NC(Cn1ncc2ccc([N+](=O)[O-])cc21)C(=O)O. The van der Waals surface area contributed by atoms with Crippen LogP contribution < -0.4 is 5.73 Å². The fourth-order valence-electron chi connectivity index (χ4n) is 1.58. The lowest BCUT2D eigenvalue weighted by molar-refractivity contribution is -0.384. The molecule has 0 spiro atoms. The van der Waals surface area contributed by atoms with Gasteiger partial charge in [-0.05, 0) is 6.07 Å². The average molecular weight is 250 g/mol. The second-order valence-electron chi connectivity index (χ2n) is 3.77. The predicted molar refractivity (Wildman–Crippen MR) is 62.0 cm³/mol. The summed E-state index contributed by atoms with van der Waals surface area (Å²) in [7, 11) is 0. The van der Waals surface area contributed by atoms with Gasteiger partial charge in [0.25, 0.3) is 5.69 Å². The molecule has 1 unspecified atom stereocenters. The highest BCUT2D eigenvalue weighted by molar-refractivity contribution is 5.81. The number of hydrogen-bond acceptors (Lipinski definition) is 5. The number of carbonyl (C=O) groups is 1. The van der Waals surface area contributed by atoms with Gasteiger partial charge in [0.05, 0.1) is 23.2 Å². The van der Waals surface area contributed by atoms with Crippen molar-refractivity contribution in [2.75, 3.05) is 0 Å². The number of carboxylic acids is 1. The van der Waals surface area contributed by atoms with Crippen LogP contribution in [0.4, 0.5) is 5.69 Å². The molecule has 1 heterocycles. The van der Waals surface area contributed by atoms with E-state index in [9.17, 15) is 14.9 Å². The Morgan fingerprint density at radius 1 is 1.61 bits per heavy atom. The molecule has 8 nitrogen and oxygen atoms in total. The minimum absolute atomic E-state index is 0.0417. The lowest BCUT2D eigenvalue weighted by atomic mass is 10.2. The maximum atomic E-state index is 10.7. The minimum atomic E-state index is -1.15. The van der Waals surface area contributed by atoms with Crippen molar-refractivity contribution in [2.24, 2.45) is 5.73 Å². The molecule has 3 N–H and O–H groups in total. The van der Waals surface area contributed by atoms with E-state index in [1.807, 2.05) is 0 Å². The smallest absolute Gasteiger partial charge is 0.322 e. The summed E-state index contributed by atoms with van der Waals surface area (Å²) in [6.45, 7) is -0.0417. The number of fused-ring (bicyclic) bond motifs is 1. The lowest BCUT2D eigenvalue weighted by Gasteiger charge is -2.07. The van der Waals surface area contributed by atoms with Gasteiger partial charge in [0, 0.05) is 17.5 Å². The summed E-state index contributed by atoms with van der Waals surface area (Å²) >= 11 is 0. The van der Waals surface area contributed by atoms with Gasteiger partial charge < -0.3 is 10.8 Å². The molecule has 94 valence electrons. The summed E-state index contributed by atoms with van der Waals surface area (Å²) in [4.78, 5) is 20.8. The fourth-order valence-corrected chi connectivity index (χ4v) is 1.58. The van der Waals surface area contributed by atoms with Crippen LogP contribution >= 0.6 is 0 Å². The van der Waals surface area contributed by atoms with Crippen molar-refractivity contribution in [2.45, 2.75) is 12.6 Å². The van der Waals surface area contributed by atoms with E-state index in [1.165, 1.54) is 23.0 Å². The van der Waals surface area contributed by atoms with Crippen LogP contribution in [0.25, 0.3) is 10.9 Å². The summed E-state index contributed by atoms with van der Waals surface area (Å²) in [6, 6.07) is 3.17. The first-order valence-corrected chi connectivity index (χ1v) is 5.07. The van der Waals surface area contributed by atoms with E-state index in [0.29, 0.717) is 10.9 Å². The van der Waals surface area contributed by atoms with Crippen molar-refractivity contribution in [3.63, 3.8) is 0 Å². The zero-order valence-electron chi connectivity index (χ0n) is 9.18. The molecule has 0 fully saturated rings. The molecule has 0 saturated heterocycles. The van der Waals surface area contributed by atoms with E-state index in [-0.39, 0.29) is 12.2 Å². The number of carboxylic acid groups (broad SMARTS) is 1. The Morgan fingerprint density at radius 2 is 2.33 bits per heavy atom. The zero-order valence-corrected chi connectivity index (χ0v) is 9.18. The molecule has 0 saturated carbocycles. The molecule has 1 aromatic carbocycles. The van der Waals surface area contributed by atoms with Gasteiger partial charge in [-0.1, -0.05) is 0 Å². The van der Waals surface area contributed by atoms with Gasteiger partial charge in [0.2, 0.25) is 0 Å². The highest BCUT2D eigenvalue weighted by Gasteiger charge is 2.15. The van der Waals surface area contributed by atoms with Crippen LogP contribution in [0, 0.1) is 10.1 Å². The van der Waals surface area contributed by atoms with Crippen molar-refractivity contribution in [1.82, 2.24) is 9.78 Å². The second kappa shape index (κ2) is 4.41.